The molecule has 1 unspecified atom stereocenters. The third-order valence-electron chi connectivity index (χ3n) is 3.27. The van der Waals surface area contributed by atoms with Gasteiger partial charge in [-0.1, -0.05) is 6.92 Å². The van der Waals surface area contributed by atoms with E-state index in [1.165, 1.54) is 23.5 Å². The van der Waals surface area contributed by atoms with Crippen molar-refractivity contribution in [2.45, 2.75) is 25.8 Å². The molecule has 1 aromatic heterocycles. The van der Waals surface area contributed by atoms with E-state index >= 15 is 0 Å². The summed E-state index contributed by atoms with van der Waals surface area (Å²) in [5.74, 6) is 0.0886. The monoisotopic (exact) mass is 315 g/mol. The molecule has 0 spiro atoms. The van der Waals surface area contributed by atoms with E-state index in [1.54, 1.807) is 13.0 Å². The van der Waals surface area contributed by atoms with Gasteiger partial charge in [-0.15, -0.1) is 11.3 Å². The number of halogens is 1. The highest BCUT2D eigenvalue weighted by atomic mass is 32.2. The van der Waals surface area contributed by atoms with Gasteiger partial charge in [0, 0.05) is 21.4 Å². The number of thiophene rings is 1. The van der Waals surface area contributed by atoms with Crippen molar-refractivity contribution in [3.63, 3.8) is 0 Å². The van der Waals surface area contributed by atoms with Crippen LogP contribution in [0.25, 0.3) is 10.1 Å². The molecule has 1 aromatic carbocycles. The van der Waals surface area contributed by atoms with Crippen LogP contribution in [0, 0.1) is 5.82 Å². The minimum absolute atomic E-state index is 0.171. The molecule has 0 radical (unpaired) electrons. The summed E-state index contributed by atoms with van der Waals surface area (Å²) in [6, 6.07) is 6.36. The first-order valence-electron chi connectivity index (χ1n) is 6.56. The van der Waals surface area contributed by atoms with Crippen molar-refractivity contribution in [1.29, 1.82) is 0 Å². The molecule has 0 saturated carbocycles. The molecule has 0 aliphatic rings. The highest BCUT2D eigenvalue weighted by Gasteiger charge is 2.13. The first-order chi connectivity index (χ1) is 9.41. The average Bonchev–Trinajstić information content (AvgIpc) is 2.81. The Labute approximate surface area is 122 Å². The van der Waals surface area contributed by atoms with Gasteiger partial charge in [-0.05, 0) is 42.5 Å². The van der Waals surface area contributed by atoms with Crippen molar-refractivity contribution in [1.82, 2.24) is 0 Å². The van der Waals surface area contributed by atoms with Gasteiger partial charge < -0.3 is 5.73 Å². The zero-order chi connectivity index (χ0) is 14.8. The van der Waals surface area contributed by atoms with Gasteiger partial charge in [0.05, 0.1) is 5.75 Å². The van der Waals surface area contributed by atoms with Crippen LogP contribution < -0.4 is 5.73 Å². The first-order valence-corrected chi connectivity index (χ1v) is 9.20. The van der Waals surface area contributed by atoms with Gasteiger partial charge in [0.1, 0.15) is 15.7 Å². The second-order valence-electron chi connectivity index (χ2n) is 4.82. The van der Waals surface area contributed by atoms with Crippen molar-refractivity contribution in [2.24, 2.45) is 5.73 Å². The maximum absolute atomic E-state index is 13.1. The fourth-order valence-corrected chi connectivity index (χ4v) is 4.00. The molecule has 2 aromatic rings. The van der Waals surface area contributed by atoms with Crippen molar-refractivity contribution < 1.29 is 12.8 Å². The molecule has 0 aliphatic heterocycles. The Bertz CT molecular complexity index is 694. The molecule has 0 bridgehead atoms. The summed E-state index contributed by atoms with van der Waals surface area (Å²) < 4.78 is 37.0. The first kappa shape index (κ1) is 15.4. The predicted octanol–water partition coefficient (Wildman–Crippen LogP) is 3.26. The SMILES string of the molecule is CCS(=O)(=O)CCCC(N)c1cc2cc(F)ccc2s1. The molecule has 1 heterocycles. The zero-order valence-electron chi connectivity index (χ0n) is 11.3. The molecule has 20 heavy (non-hydrogen) atoms. The van der Waals surface area contributed by atoms with E-state index in [0.717, 1.165) is 15.0 Å². The van der Waals surface area contributed by atoms with Crippen molar-refractivity contribution >= 4 is 31.3 Å². The number of sulfone groups is 1. The minimum Gasteiger partial charge on any atom is -0.323 e. The molecule has 2 N–H and O–H groups in total. The fraction of sp³-hybridized carbons (Fsp3) is 0.429. The third-order valence-corrected chi connectivity index (χ3v) is 6.31. The second kappa shape index (κ2) is 6.20. The van der Waals surface area contributed by atoms with Crippen molar-refractivity contribution in [2.75, 3.05) is 11.5 Å². The highest BCUT2D eigenvalue weighted by Crippen LogP contribution is 2.31. The average molecular weight is 315 g/mol. The van der Waals surface area contributed by atoms with E-state index in [-0.39, 0.29) is 23.4 Å². The molecule has 1 atom stereocenters. The van der Waals surface area contributed by atoms with Crippen LogP contribution in [0.15, 0.2) is 24.3 Å². The van der Waals surface area contributed by atoms with E-state index in [0.29, 0.717) is 12.8 Å². The molecular formula is C14H18FNO2S2. The molecule has 110 valence electrons. The smallest absolute Gasteiger partial charge is 0.150 e. The van der Waals surface area contributed by atoms with Crippen LogP contribution in [0.4, 0.5) is 4.39 Å². The summed E-state index contributed by atoms with van der Waals surface area (Å²) in [7, 11) is -2.93. The lowest BCUT2D eigenvalue weighted by atomic mass is 10.1. The Morgan fingerprint density at radius 3 is 2.80 bits per heavy atom. The lowest BCUT2D eigenvalue weighted by molar-refractivity contribution is 0.585. The molecular weight excluding hydrogens is 297 g/mol. The minimum atomic E-state index is -2.93. The second-order valence-corrected chi connectivity index (χ2v) is 8.40. The van der Waals surface area contributed by atoms with Crippen LogP contribution in [0.3, 0.4) is 0 Å². The summed E-state index contributed by atoms with van der Waals surface area (Å²) in [6.45, 7) is 1.65. The molecule has 2 rings (SSSR count). The van der Waals surface area contributed by atoms with Gasteiger partial charge in [-0.3, -0.25) is 0 Å². The maximum atomic E-state index is 13.1. The number of rotatable bonds is 6. The summed E-state index contributed by atoms with van der Waals surface area (Å²) in [5.41, 5.74) is 6.09. The Balaban J connectivity index is 2.02. The lowest BCUT2D eigenvalue weighted by Crippen LogP contribution is -2.13. The largest absolute Gasteiger partial charge is 0.323 e. The van der Waals surface area contributed by atoms with Crippen molar-refractivity contribution in [3.8, 4) is 0 Å². The van der Waals surface area contributed by atoms with Crippen LogP contribution in [-0.4, -0.2) is 19.9 Å². The van der Waals surface area contributed by atoms with Gasteiger partial charge in [-0.25, -0.2) is 12.8 Å². The number of hydrogen-bond donors (Lipinski definition) is 1. The molecule has 0 fully saturated rings. The Kier molecular flexibility index (Phi) is 4.78. The van der Waals surface area contributed by atoms with Crippen LogP contribution in [-0.2, 0) is 9.84 Å². The summed E-state index contributed by atoms with van der Waals surface area (Å²) in [5, 5.41) is 0.849. The Morgan fingerprint density at radius 1 is 1.35 bits per heavy atom. The van der Waals surface area contributed by atoms with E-state index in [1.807, 2.05) is 6.07 Å². The van der Waals surface area contributed by atoms with Gasteiger partial charge in [0.15, 0.2) is 0 Å². The molecule has 6 heteroatoms. The molecule has 0 aliphatic carbocycles. The Morgan fingerprint density at radius 2 is 2.10 bits per heavy atom. The summed E-state index contributed by atoms with van der Waals surface area (Å²) >= 11 is 1.54. The number of fused-ring (bicyclic) bond motifs is 1. The van der Waals surface area contributed by atoms with Crippen LogP contribution >= 0.6 is 11.3 Å². The van der Waals surface area contributed by atoms with Gasteiger partial charge in [0.2, 0.25) is 0 Å². The van der Waals surface area contributed by atoms with Crippen LogP contribution in [0.2, 0.25) is 0 Å². The van der Waals surface area contributed by atoms with Gasteiger partial charge in [0.25, 0.3) is 0 Å². The van der Waals surface area contributed by atoms with Gasteiger partial charge in [-0.2, -0.15) is 0 Å². The molecule has 3 nitrogen and oxygen atoms in total. The molecule has 0 saturated heterocycles. The number of hydrogen-bond acceptors (Lipinski definition) is 4. The van der Waals surface area contributed by atoms with E-state index in [2.05, 4.69) is 0 Å². The zero-order valence-corrected chi connectivity index (χ0v) is 12.9. The third kappa shape index (κ3) is 3.77. The van der Waals surface area contributed by atoms with E-state index < -0.39 is 9.84 Å². The number of benzene rings is 1. The van der Waals surface area contributed by atoms with E-state index in [9.17, 15) is 12.8 Å². The standard InChI is InChI=1S/C14H18FNO2S2/c1-2-20(17,18)7-3-4-12(16)14-9-10-8-11(15)5-6-13(10)19-14/h5-6,8-9,12H,2-4,7,16H2,1H3. The van der Waals surface area contributed by atoms with Crippen LogP contribution in [0.5, 0.6) is 0 Å². The highest BCUT2D eigenvalue weighted by molar-refractivity contribution is 7.91. The quantitative estimate of drug-likeness (QED) is 0.890. The normalized spacial score (nSPS) is 13.8. The van der Waals surface area contributed by atoms with E-state index in [4.69, 9.17) is 5.73 Å². The van der Waals surface area contributed by atoms with Crippen LogP contribution in [0.1, 0.15) is 30.7 Å². The fourth-order valence-electron chi connectivity index (χ4n) is 2.03. The van der Waals surface area contributed by atoms with Crippen molar-refractivity contribution in [3.05, 3.63) is 35.0 Å². The summed E-state index contributed by atoms with van der Waals surface area (Å²) in [6.07, 6.45) is 1.18. The maximum Gasteiger partial charge on any atom is 0.150 e. The Hall–Kier alpha value is -0.980. The predicted molar refractivity (Wildman–Crippen MR) is 82.3 cm³/mol. The lowest BCUT2D eigenvalue weighted by Gasteiger charge is -2.08. The molecule has 0 amide bonds. The number of nitrogens with two attached hydrogens (primary N) is 1. The topological polar surface area (TPSA) is 60.2 Å². The van der Waals surface area contributed by atoms with Gasteiger partial charge >= 0.3 is 0 Å². The summed E-state index contributed by atoms with van der Waals surface area (Å²) in [4.78, 5) is 0.972.